The van der Waals surface area contributed by atoms with Crippen LogP contribution in [0.2, 0.25) is 5.02 Å². The normalized spacial score (nSPS) is 15.2. The summed E-state index contributed by atoms with van der Waals surface area (Å²) < 4.78 is 13.2. The van der Waals surface area contributed by atoms with Gasteiger partial charge in [0.15, 0.2) is 0 Å². The zero-order valence-corrected chi connectivity index (χ0v) is 16.8. The lowest BCUT2D eigenvalue weighted by molar-refractivity contribution is -0.122. The van der Waals surface area contributed by atoms with Gasteiger partial charge >= 0.3 is 0 Å². The third-order valence-electron chi connectivity index (χ3n) is 5.10. The van der Waals surface area contributed by atoms with E-state index in [9.17, 15) is 14.0 Å². The number of nitrogens with one attached hydrogen (secondary N) is 1. The second-order valence-corrected chi connectivity index (χ2v) is 7.49. The van der Waals surface area contributed by atoms with Gasteiger partial charge in [0, 0.05) is 24.3 Å². The minimum Gasteiger partial charge on any atom is -0.352 e. The molecule has 0 saturated heterocycles. The smallest absolute Gasteiger partial charge is 0.256 e. The minimum atomic E-state index is -0.495. The number of benzene rings is 2. The largest absolute Gasteiger partial charge is 0.352 e. The first-order valence-electron chi connectivity index (χ1n) is 9.53. The molecule has 30 heavy (non-hydrogen) atoms. The molecule has 152 valence electrons. The van der Waals surface area contributed by atoms with Gasteiger partial charge in [-0.2, -0.15) is 0 Å². The molecule has 1 aromatic heterocycles. The molecule has 0 fully saturated rings. The molecule has 0 bridgehead atoms. The third-order valence-corrected chi connectivity index (χ3v) is 5.47. The minimum absolute atomic E-state index is 0.0708. The molecule has 7 heteroatoms. The Kier molecular flexibility index (Phi) is 5.77. The number of hydrogen-bond donors (Lipinski definition) is 1. The van der Waals surface area contributed by atoms with Crippen molar-refractivity contribution in [3.05, 3.63) is 100 Å². The predicted octanol–water partition coefficient (Wildman–Crippen LogP) is 4.28. The van der Waals surface area contributed by atoms with Crippen LogP contribution in [0.1, 0.15) is 39.6 Å². The van der Waals surface area contributed by atoms with Crippen molar-refractivity contribution in [3.8, 4) is 0 Å². The number of nitrogens with zero attached hydrogens (tertiary/aromatic N) is 2. The molecule has 1 aliphatic heterocycles. The molecule has 1 N–H and O–H groups in total. The molecule has 1 unspecified atom stereocenters. The van der Waals surface area contributed by atoms with E-state index in [1.165, 1.54) is 12.1 Å². The number of hydrogen-bond acceptors (Lipinski definition) is 3. The van der Waals surface area contributed by atoms with Crippen LogP contribution in [-0.4, -0.2) is 21.7 Å². The first kappa shape index (κ1) is 20.0. The van der Waals surface area contributed by atoms with Crippen LogP contribution in [0.25, 0.3) is 0 Å². The van der Waals surface area contributed by atoms with Crippen molar-refractivity contribution in [1.82, 2.24) is 15.2 Å². The van der Waals surface area contributed by atoms with E-state index >= 15 is 0 Å². The summed E-state index contributed by atoms with van der Waals surface area (Å²) in [6.07, 6.45) is 1.68. The van der Waals surface area contributed by atoms with E-state index in [2.05, 4.69) is 10.3 Å². The molecule has 0 spiro atoms. The SMILES string of the molecule is O=C(CC1c2ncccc2C(=O)N1Cc1ccc(F)cc1)NCc1ccccc1Cl. The molecular weight excluding hydrogens is 405 g/mol. The van der Waals surface area contributed by atoms with Crippen molar-refractivity contribution in [3.63, 3.8) is 0 Å². The highest BCUT2D eigenvalue weighted by Crippen LogP contribution is 2.35. The van der Waals surface area contributed by atoms with Gasteiger partial charge in [-0.25, -0.2) is 4.39 Å². The molecule has 2 aromatic carbocycles. The average Bonchev–Trinajstić information content (AvgIpc) is 3.01. The highest BCUT2D eigenvalue weighted by atomic mass is 35.5. The fraction of sp³-hybridized carbons (Fsp3) is 0.174. The Balaban J connectivity index is 1.51. The second kappa shape index (κ2) is 8.63. The van der Waals surface area contributed by atoms with Crippen molar-refractivity contribution in [2.75, 3.05) is 0 Å². The third kappa shape index (κ3) is 4.19. The topological polar surface area (TPSA) is 62.3 Å². The molecule has 0 saturated carbocycles. The second-order valence-electron chi connectivity index (χ2n) is 7.08. The first-order valence-corrected chi connectivity index (χ1v) is 9.91. The molecule has 4 rings (SSSR count). The summed E-state index contributed by atoms with van der Waals surface area (Å²) in [5.74, 6) is -0.742. The molecule has 2 heterocycles. The van der Waals surface area contributed by atoms with Gasteiger partial charge in [0.05, 0.1) is 23.7 Å². The van der Waals surface area contributed by atoms with Gasteiger partial charge in [-0.3, -0.25) is 14.6 Å². The van der Waals surface area contributed by atoms with Gasteiger partial charge in [0.2, 0.25) is 5.91 Å². The quantitative estimate of drug-likeness (QED) is 0.643. The van der Waals surface area contributed by atoms with E-state index in [0.717, 1.165) is 11.1 Å². The molecule has 1 aliphatic rings. The maximum atomic E-state index is 13.2. The Morgan fingerprint density at radius 2 is 1.87 bits per heavy atom. The van der Waals surface area contributed by atoms with Crippen LogP contribution in [0.5, 0.6) is 0 Å². The zero-order chi connectivity index (χ0) is 21.1. The number of pyridine rings is 1. The highest BCUT2D eigenvalue weighted by molar-refractivity contribution is 6.31. The summed E-state index contributed by atoms with van der Waals surface area (Å²) in [7, 11) is 0. The molecule has 5 nitrogen and oxygen atoms in total. The Morgan fingerprint density at radius 1 is 1.10 bits per heavy atom. The Morgan fingerprint density at radius 3 is 2.63 bits per heavy atom. The number of fused-ring (bicyclic) bond motifs is 1. The highest BCUT2D eigenvalue weighted by Gasteiger charge is 2.38. The van der Waals surface area contributed by atoms with Gasteiger partial charge in [-0.15, -0.1) is 0 Å². The number of rotatable bonds is 6. The van der Waals surface area contributed by atoms with Gasteiger partial charge in [-0.1, -0.05) is 41.9 Å². The van der Waals surface area contributed by atoms with Crippen LogP contribution < -0.4 is 5.32 Å². The van der Waals surface area contributed by atoms with Gasteiger partial charge in [0.1, 0.15) is 5.82 Å². The molecule has 0 aliphatic carbocycles. The summed E-state index contributed by atoms with van der Waals surface area (Å²) in [4.78, 5) is 31.6. The summed E-state index contributed by atoms with van der Waals surface area (Å²) in [6, 6.07) is 16.2. The maximum absolute atomic E-state index is 13.2. The van der Waals surface area contributed by atoms with E-state index in [-0.39, 0.29) is 30.6 Å². The van der Waals surface area contributed by atoms with E-state index in [4.69, 9.17) is 11.6 Å². The van der Waals surface area contributed by atoms with Crippen LogP contribution in [0, 0.1) is 5.82 Å². The number of halogens is 2. The lowest BCUT2D eigenvalue weighted by atomic mass is 10.1. The van der Waals surface area contributed by atoms with E-state index < -0.39 is 6.04 Å². The van der Waals surface area contributed by atoms with Crippen LogP contribution in [-0.2, 0) is 17.9 Å². The Labute approximate surface area is 178 Å². The number of carbonyl (C=O) groups is 2. The zero-order valence-electron chi connectivity index (χ0n) is 16.0. The number of carbonyl (C=O) groups excluding carboxylic acids is 2. The first-order chi connectivity index (χ1) is 14.5. The lowest BCUT2D eigenvalue weighted by Gasteiger charge is -2.24. The van der Waals surface area contributed by atoms with Crippen molar-refractivity contribution < 1.29 is 14.0 Å². The van der Waals surface area contributed by atoms with Crippen molar-refractivity contribution >= 4 is 23.4 Å². The van der Waals surface area contributed by atoms with Gasteiger partial charge in [0.25, 0.3) is 5.91 Å². The Hall–Kier alpha value is -3.25. The molecule has 2 amide bonds. The van der Waals surface area contributed by atoms with Crippen LogP contribution in [0.4, 0.5) is 4.39 Å². The fourth-order valence-corrected chi connectivity index (χ4v) is 3.77. The number of aromatic nitrogens is 1. The van der Waals surface area contributed by atoms with E-state index in [1.54, 1.807) is 41.4 Å². The van der Waals surface area contributed by atoms with E-state index in [1.807, 2.05) is 18.2 Å². The van der Waals surface area contributed by atoms with Gasteiger partial charge in [-0.05, 0) is 41.5 Å². The lowest BCUT2D eigenvalue weighted by Crippen LogP contribution is -2.32. The summed E-state index contributed by atoms with van der Waals surface area (Å²) in [6.45, 7) is 0.560. The standard InChI is InChI=1S/C23H19ClFN3O2/c24-19-6-2-1-4-16(19)13-27-21(29)12-20-22-18(5-3-11-26-22)23(30)28(20)14-15-7-9-17(25)10-8-15/h1-11,20H,12-14H2,(H,27,29). The Bertz CT molecular complexity index is 1090. The van der Waals surface area contributed by atoms with E-state index in [0.29, 0.717) is 22.8 Å². The van der Waals surface area contributed by atoms with Crippen molar-refractivity contribution in [1.29, 1.82) is 0 Å². The fourth-order valence-electron chi connectivity index (χ4n) is 3.57. The van der Waals surface area contributed by atoms with Crippen LogP contribution >= 0.6 is 11.6 Å². The monoisotopic (exact) mass is 423 g/mol. The number of amides is 2. The summed E-state index contributed by atoms with van der Waals surface area (Å²) in [5, 5.41) is 3.45. The van der Waals surface area contributed by atoms with Crippen molar-refractivity contribution in [2.24, 2.45) is 0 Å². The molecule has 1 atom stereocenters. The predicted molar refractivity (Wildman–Crippen MR) is 111 cm³/mol. The average molecular weight is 424 g/mol. The summed E-state index contributed by atoms with van der Waals surface area (Å²) in [5.41, 5.74) is 2.66. The van der Waals surface area contributed by atoms with Crippen molar-refractivity contribution in [2.45, 2.75) is 25.6 Å². The maximum Gasteiger partial charge on any atom is 0.256 e. The summed E-state index contributed by atoms with van der Waals surface area (Å²) >= 11 is 6.15. The molecule has 3 aromatic rings. The molecule has 0 radical (unpaired) electrons. The molecular formula is C23H19ClFN3O2. The van der Waals surface area contributed by atoms with Crippen LogP contribution in [0.3, 0.4) is 0 Å². The van der Waals surface area contributed by atoms with Gasteiger partial charge < -0.3 is 10.2 Å². The van der Waals surface area contributed by atoms with Crippen LogP contribution in [0.15, 0.2) is 66.9 Å².